The van der Waals surface area contributed by atoms with Gasteiger partial charge >= 0.3 is 0 Å². The standard InChI is InChI=1S/C19H14FN2O.C16H20NSi.Ir/c1-11(2)12-6-7-21-17(8-12)15-5-3-4-14-16-9-13(20)10-22-19(16)23-18(14)15;1-12-6-8-14(9-7-12)15-10-13(2)16(11-17-15)18(3,4)5;/h3-4,6-11H,1-2H3;6-8,10-11H,1-5H3;/q2*-1;/i;1D3,2D3;. The number of nitrogens with zero attached hydrogens (tertiary/aromatic N) is 3. The van der Waals surface area contributed by atoms with Crippen molar-refractivity contribution in [1.82, 2.24) is 15.0 Å². The normalized spacial score (nSPS) is 14.1. The van der Waals surface area contributed by atoms with E-state index in [0.717, 1.165) is 28.0 Å². The number of fused-ring (bicyclic) bond motifs is 3. The second kappa shape index (κ2) is 12.8. The molecule has 0 saturated carbocycles. The minimum absolute atomic E-state index is 0. The third-order valence-corrected chi connectivity index (χ3v) is 8.78. The van der Waals surface area contributed by atoms with E-state index in [-0.39, 0.29) is 31.5 Å². The predicted molar refractivity (Wildman–Crippen MR) is 169 cm³/mol. The Morgan fingerprint density at radius 1 is 0.905 bits per heavy atom. The fourth-order valence-electron chi connectivity index (χ4n) is 4.52. The monoisotopic (exact) mass is 758 g/mol. The molecule has 0 aliphatic carbocycles. The van der Waals surface area contributed by atoms with Crippen LogP contribution in [0.4, 0.5) is 4.39 Å². The maximum atomic E-state index is 13.5. The van der Waals surface area contributed by atoms with Gasteiger partial charge in [-0.3, -0.25) is 0 Å². The zero-order chi connectivity index (χ0) is 34.3. The zero-order valence-corrected chi connectivity index (χ0v) is 27.4. The van der Waals surface area contributed by atoms with Crippen molar-refractivity contribution in [1.29, 1.82) is 0 Å². The van der Waals surface area contributed by atoms with Crippen LogP contribution in [0.15, 0.2) is 77.6 Å². The first-order valence-corrected chi connectivity index (χ1v) is 16.8. The molecule has 4 aromatic heterocycles. The van der Waals surface area contributed by atoms with Crippen LogP contribution < -0.4 is 5.19 Å². The molecule has 0 aliphatic heterocycles. The number of furan rings is 1. The van der Waals surface area contributed by atoms with E-state index in [9.17, 15) is 4.39 Å². The number of halogens is 1. The van der Waals surface area contributed by atoms with Gasteiger partial charge in [-0.2, -0.15) is 0 Å². The molecule has 0 atom stereocenters. The van der Waals surface area contributed by atoms with Gasteiger partial charge in [-0.25, -0.2) is 9.37 Å². The minimum atomic E-state index is -2.22. The molecule has 0 amide bonds. The summed E-state index contributed by atoms with van der Waals surface area (Å²) >= 11 is 0. The number of pyridine rings is 3. The zero-order valence-electron chi connectivity index (χ0n) is 30.0. The van der Waals surface area contributed by atoms with E-state index in [2.05, 4.69) is 60.6 Å². The number of hydrogen-bond acceptors (Lipinski definition) is 4. The van der Waals surface area contributed by atoms with E-state index in [4.69, 9.17) is 12.6 Å². The van der Waals surface area contributed by atoms with Gasteiger partial charge in [0.05, 0.1) is 19.9 Å². The summed E-state index contributed by atoms with van der Waals surface area (Å²) in [7, 11) is -1.85. The van der Waals surface area contributed by atoms with Gasteiger partial charge in [0, 0.05) is 46.1 Å². The Bertz CT molecular complexity index is 2060. The topological polar surface area (TPSA) is 51.8 Å². The molecule has 0 bridgehead atoms. The van der Waals surface area contributed by atoms with Crippen molar-refractivity contribution in [2.45, 2.75) is 53.1 Å². The van der Waals surface area contributed by atoms with Crippen LogP contribution in [0, 0.1) is 31.7 Å². The molecule has 0 fully saturated rings. The van der Waals surface area contributed by atoms with E-state index in [0.29, 0.717) is 39.4 Å². The number of hydrogen-bond donors (Lipinski definition) is 0. The van der Waals surface area contributed by atoms with Crippen LogP contribution in [0.3, 0.4) is 0 Å². The summed E-state index contributed by atoms with van der Waals surface area (Å²) in [6.45, 7) is 6.11. The molecule has 0 unspecified atom stereocenters. The second-order valence-electron chi connectivity index (χ2n) is 11.2. The maximum Gasteiger partial charge on any atom is 0.216 e. The summed E-state index contributed by atoms with van der Waals surface area (Å²) in [5.74, 6) is 0.0249. The van der Waals surface area contributed by atoms with Crippen molar-refractivity contribution >= 4 is 35.3 Å². The maximum absolute atomic E-state index is 13.5. The van der Waals surface area contributed by atoms with Crippen molar-refractivity contribution in [2.75, 3.05) is 0 Å². The first-order chi connectivity index (χ1) is 21.9. The average Bonchev–Trinajstić information content (AvgIpc) is 3.38. The van der Waals surface area contributed by atoms with Crippen LogP contribution in [0.5, 0.6) is 0 Å². The first kappa shape index (κ1) is 24.0. The molecule has 4 nitrogen and oxygen atoms in total. The summed E-state index contributed by atoms with van der Waals surface area (Å²) in [5, 5.41) is 2.29. The van der Waals surface area contributed by atoms with Gasteiger partial charge in [-0.05, 0) is 41.5 Å². The molecule has 42 heavy (non-hydrogen) atoms. The van der Waals surface area contributed by atoms with Gasteiger partial charge in [0.15, 0.2) is 0 Å². The van der Waals surface area contributed by atoms with Crippen molar-refractivity contribution in [3.8, 4) is 22.5 Å². The number of benzene rings is 2. The molecule has 217 valence electrons. The molecule has 0 saturated heterocycles. The molecule has 0 N–H and O–H groups in total. The Balaban J connectivity index is 0.000000212. The van der Waals surface area contributed by atoms with E-state index < -0.39 is 21.8 Å². The van der Waals surface area contributed by atoms with E-state index in [1.165, 1.54) is 23.8 Å². The number of rotatable bonds is 4. The molecular weight excluding hydrogens is 718 g/mol. The molecule has 1 radical (unpaired) electrons. The molecule has 4 heterocycles. The van der Waals surface area contributed by atoms with Crippen LogP contribution in [-0.2, 0) is 20.1 Å². The average molecular weight is 758 g/mol. The van der Waals surface area contributed by atoms with Crippen LogP contribution in [-0.4, -0.2) is 23.0 Å². The van der Waals surface area contributed by atoms with Gasteiger partial charge in [-0.15, -0.1) is 53.6 Å². The van der Waals surface area contributed by atoms with Gasteiger partial charge in [-0.1, -0.05) is 74.5 Å². The third-order valence-electron chi connectivity index (χ3n) is 6.76. The number of aryl methyl sites for hydroxylation is 2. The summed E-state index contributed by atoms with van der Waals surface area (Å²) in [5.41, 5.74) is 5.39. The smallest absolute Gasteiger partial charge is 0.216 e. The molecule has 0 spiro atoms. The summed E-state index contributed by atoms with van der Waals surface area (Å²) in [6, 6.07) is 21.4. The van der Waals surface area contributed by atoms with Crippen molar-refractivity contribution in [2.24, 2.45) is 0 Å². The summed E-state index contributed by atoms with van der Waals surface area (Å²) < 4.78 is 64.9. The Hall–Kier alpha value is -3.51. The third kappa shape index (κ3) is 6.75. The molecule has 7 heteroatoms. The van der Waals surface area contributed by atoms with E-state index in [1.54, 1.807) is 30.6 Å². The first-order valence-electron chi connectivity index (χ1n) is 16.3. The summed E-state index contributed by atoms with van der Waals surface area (Å²) in [4.78, 5) is 12.9. The Kier molecular flexibility index (Phi) is 7.30. The molecular formula is C35H34FIrN3OSi-2. The summed E-state index contributed by atoms with van der Waals surface area (Å²) in [6.07, 6.45) is 4.60. The fraction of sp³-hybridized carbons (Fsp3) is 0.229. The Labute approximate surface area is 270 Å². The van der Waals surface area contributed by atoms with E-state index in [1.807, 2.05) is 18.2 Å². The molecule has 6 rings (SSSR count). The second-order valence-corrected chi connectivity index (χ2v) is 16.2. The van der Waals surface area contributed by atoms with Gasteiger partial charge in [0.2, 0.25) is 5.71 Å². The van der Waals surface area contributed by atoms with Crippen LogP contribution in [0.1, 0.15) is 44.7 Å². The fourth-order valence-corrected chi connectivity index (χ4v) is 5.85. The Morgan fingerprint density at radius 3 is 2.43 bits per heavy atom. The van der Waals surface area contributed by atoms with Gasteiger partial charge in [0.1, 0.15) is 5.82 Å². The van der Waals surface area contributed by atoms with Crippen molar-refractivity contribution < 1.29 is 37.1 Å². The molecule has 6 aromatic rings. The van der Waals surface area contributed by atoms with Gasteiger partial charge < -0.3 is 14.4 Å². The van der Waals surface area contributed by atoms with Crippen molar-refractivity contribution in [3.05, 3.63) is 108 Å². The molecule has 2 aromatic carbocycles. The molecule has 0 aliphatic rings. The largest absolute Gasteiger partial charge is 0.486 e. The van der Waals surface area contributed by atoms with Crippen LogP contribution in [0.2, 0.25) is 19.6 Å². The van der Waals surface area contributed by atoms with Crippen LogP contribution in [0.25, 0.3) is 44.6 Å². The quantitative estimate of drug-likeness (QED) is 0.133. The predicted octanol–water partition coefficient (Wildman–Crippen LogP) is 8.81. The SMILES string of the molecule is CC(C)c1ccnc(-c2[c-]ccc3c2oc2ncc(F)cc23)c1.[2H]C([2H])([2H])c1c[c-]c(-c2cc(C([2H])([2H])[2H])c([Si](C)(C)C)cn2)cc1.[Ir]. The van der Waals surface area contributed by atoms with Gasteiger partial charge in [0.25, 0.3) is 0 Å². The number of aromatic nitrogens is 3. The van der Waals surface area contributed by atoms with E-state index >= 15 is 0 Å². The van der Waals surface area contributed by atoms with Crippen molar-refractivity contribution in [3.63, 3.8) is 0 Å². The van der Waals surface area contributed by atoms with Crippen LogP contribution >= 0.6 is 0 Å². The Morgan fingerprint density at radius 2 is 1.74 bits per heavy atom. The minimum Gasteiger partial charge on any atom is -0.486 e.